The molecule has 0 fully saturated rings. The van der Waals surface area contributed by atoms with Crippen molar-refractivity contribution in [3.05, 3.63) is 47.5 Å². The SMILES string of the molecule is CCCc1c(N)ncnc1NCc1ccccc1F. The predicted octanol–water partition coefficient (Wildman–Crippen LogP) is 2.76. The number of anilines is 2. The summed E-state index contributed by atoms with van der Waals surface area (Å²) in [6.45, 7) is 2.44. The molecule has 0 saturated heterocycles. The van der Waals surface area contributed by atoms with Gasteiger partial charge >= 0.3 is 0 Å². The lowest BCUT2D eigenvalue weighted by molar-refractivity contribution is 0.613. The minimum Gasteiger partial charge on any atom is -0.383 e. The highest BCUT2D eigenvalue weighted by Gasteiger charge is 2.08. The Morgan fingerprint density at radius 3 is 2.79 bits per heavy atom. The van der Waals surface area contributed by atoms with Crippen molar-refractivity contribution < 1.29 is 4.39 Å². The number of nitrogens with zero attached hydrogens (tertiary/aromatic N) is 2. The van der Waals surface area contributed by atoms with Gasteiger partial charge in [-0.05, 0) is 12.5 Å². The number of aromatic nitrogens is 2. The maximum Gasteiger partial charge on any atom is 0.134 e. The maximum absolute atomic E-state index is 13.5. The first-order chi connectivity index (χ1) is 9.22. The summed E-state index contributed by atoms with van der Waals surface area (Å²) in [5.41, 5.74) is 7.33. The van der Waals surface area contributed by atoms with E-state index in [0.717, 1.165) is 18.4 Å². The molecule has 2 rings (SSSR count). The van der Waals surface area contributed by atoms with E-state index in [4.69, 9.17) is 5.73 Å². The van der Waals surface area contributed by atoms with E-state index in [-0.39, 0.29) is 5.82 Å². The normalized spacial score (nSPS) is 10.4. The second-order valence-electron chi connectivity index (χ2n) is 4.28. The minimum atomic E-state index is -0.228. The Kier molecular flexibility index (Phi) is 4.28. The van der Waals surface area contributed by atoms with Gasteiger partial charge in [-0.25, -0.2) is 14.4 Å². The molecule has 100 valence electrons. The van der Waals surface area contributed by atoms with Crippen LogP contribution in [-0.2, 0) is 13.0 Å². The third kappa shape index (κ3) is 3.19. The highest BCUT2D eigenvalue weighted by molar-refractivity contribution is 5.55. The van der Waals surface area contributed by atoms with Gasteiger partial charge in [-0.2, -0.15) is 0 Å². The van der Waals surface area contributed by atoms with E-state index in [9.17, 15) is 4.39 Å². The van der Waals surface area contributed by atoms with Crippen LogP contribution in [0.3, 0.4) is 0 Å². The number of nitrogens with two attached hydrogens (primary N) is 1. The number of hydrogen-bond acceptors (Lipinski definition) is 4. The topological polar surface area (TPSA) is 63.8 Å². The zero-order valence-electron chi connectivity index (χ0n) is 10.9. The van der Waals surface area contributed by atoms with Crippen molar-refractivity contribution in [1.29, 1.82) is 0 Å². The maximum atomic E-state index is 13.5. The van der Waals surface area contributed by atoms with Crippen molar-refractivity contribution in [3.63, 3.8) is 0 Å². The monoisotopic (exact) mass is 260 g/mol. The Morgan fingerprint density at radius 2 is 2.05 bits per heavy atom. The zero-order valence-corrected chi connectivity index (χ0v) is 10.9. The molecule has 1 aromatic carbocycles. The van der Waals surface area contributed by atoms with E-state index in [1.165, 1.54) is 12.4 Å². The fourth-order valence-electron chi connectivity index (χ4n) is 1.90. The van der Waals surface area contributed by atoms with E-state index in [1.54, 1.807) is 18.2 Å². The van der Waals surface area contributed by atoms with E-state index in [1.807, 2.05) is 0 Å². The molecular weight excluding hydrogens is 243 g/mol. The molecule has 0 unspecified atom stereocenters. The lowest BCUT2D eigenvalue weighted by Gasteiger charge is -2.12. The Hall–Kier alpha value is -2.17. The molecule has 19 heavy (non-hydrogen) atoms. The molecule has 0 radical (unpaired) electrons. The summed E-state index contributed by atoms with van der Waals surface area (Å²) >= 11 is 0. The smallest absolute Gasteiger partial charge is 0.134 e. The lowest BCUT2D eigenvalue weighted by Crippen LogP contribution is -2.09. The van der Waals surface area contributed by atoms with Gasteiger partial charge in [0.15, 0.2) is 0 Å². The van der Waals surface area contributed by atoms with Crippen molar-refractivity contribution >= 4 is 11.6 Å². The number of rotatable bonds is 5. The van der Waals surface area contributed by atoms with Gasteiger partial charge in [-0.1, -0.05) is 31.5 Å². The fourth-order valence-corrected chi connectivity index (χ4v) is 1.90. The molecule has 0 aliphatic heterocycles. The van der Waals surface area contributed by atoms with Gasteiger partial charge in [-0.3, -0.25) is 0 Å². The van der Waals surface area contributed by atoms with Crippen LogP contribution in [-0.4, -0.2) is 9.97 Å². The first-order valence-corrected chi connectivity index (χ1v) is 6.29. The first-order valence-electron chi connectivity index (χ1n) is 6.29. The van der Waals surface area contributed by atoms with Gasteiger partial charge < -0.3 is 11.1 Å². The highest BCUT2D eigenvalue weighted by Crippen LogP contribution is 2.20. The average molecular weight is 260 g/mol. The summed E-state index contributed by atoms with van der Waals surface area (Å²) in [7, 11) is 0. The zero-order chi connectivity index (χ0) is 13.7. The number of benzene rings is 1. The molecule has 0 aliphatic carbocycles. The van der Waals surface area contributed by atoms with Crippen molar-refractivity contribution in [2.75, 3.05) is 11.1 Å². The highest BCUT2D eigenvalue weighted by atomic mass is 19.1. The van der Waals surface area contributed by atoms with Crippen LogP contribution in [0.5, 0.6) is 0 Å². The van der Waals surface area contributed by atoms with Crippen LogP contribution >= 0.6 is 0 Å². The van der Waals surface area contributed by atoms with Crippen LogP contribution in [0.15, 0.2) is 30.6 Å². The van der Waals surface area contributed by atoms with Gasteiger partial charge in [0.2, 0.25) is 0 Å². The number of nitrogens with one attached hydrogen (secondary N) is 1. The summed E-state index contributed by atoms with van der Waals surface area (Å²) in [5, 5.41) is 3.12. The number of nitrogen functional groups attached to an aromatic ring is 1. The third-order valence-electron chi connectivity index (χ3n) is 2.88. The molecule has 3 N–H and O–H groups in total. The third-order valence-corrected chi connectivity index (χ3v) is 2.88. The number of hydrogen-bond donors (Lipinski definition) is 2. The molecule has 1 aromatic heterocycles. The van der Waals surface area contributed by atoms with E-state index in [2.05, 4.69) is 22.2 Å². The van der Waals surface area contributed by atoms with Gasteiger partial charge in [0.1, 0.15) is 23.8 Å². The van der Waals surface area contributed by atoms with E-state index >= 15 is 0 Å². The minimum absolute atomic E-state index is 0.228. The molecule has 0 spiro atoms. The van der Waals surface area contributed by atoms with Crippen molar-refractivity contribution in [2.45, 2.75) is 26.3 Å². The van der Waals surface area contributed by atoms with Crippen LogP contribution in [0.4, 0.5) is 16.0 Å². The van der Waals surface area contributed by atoms with E-state index in [0.29, 0.717) is 23.7 Å². The Labute approximate surface area is 111 Å². The van der Waals surface area contributed by atoms with Gasteiger partial charge in [0.05, 0.1) is 0 Å². The molecule has 0 bridgehead atoms. The van der Waals surface area contributed by atoms with Crippen LogP contribution in [0.2, 0.25) is 0 Å². The number of halogens is 1. The molecule has 4 nitrogen and oxygen atoms in total. The van der Waals surface area contributed by atoms with Crippen LogP contribution in [0, 0.1) is 5.82 Å². The molecule has 1 heterocycles. The molecule has 0 aliphatic rings. The summed E-state index contributed by atoms with van der Waals surface area (Å²) in [5.74, 6) is 0.930. The standard InChI is InChI=1S/C14H17FN4/c1-2-5-11-13(16)18-9-19-14(11)17-8-10-6-3-4-7-12(10)15/h3-4,6-7,9H,2,5,8H2,1H3,(H3,16,17,18,19). The molecule has 5 heteroatoms. The second kappa shape index (κ2) is 6.13. The second-order valence-corrected chi connectivity index (χ2v) is 4.28. The molecule has 0 amide bonds. The van der Waals surface area contributed by atoms with Crippen LogP contribution in [0.25, 0.3) is 0 Å². The van der Waals surface area contributed by atoms with E-state index < -0.39 is 0 Å². The molecule has 0 saturated carbocycles. The quantitative estimate of drug-likeness (QED) is 0.867. The molecule has 2 aromatic rings. The molecular formula is C14H17FN4. The van der Waals surface area contributed by atoms with Crippen molar-refractivity contribution in [3.8, 4) is 0 Å². The van der Waals surface area contributed by atoms with Crippen LogP contribution < -0.4 is 11.1 Å². The van der Waals surface area contributed by atoms with Crippen molar-refractivity contribution in [1.82, 2.24) is 9.97 Å². The summed E-state index contributed by atoms with van der Waals surface area (Å²) < 4.78 is 13.5. The Morgan fingerprint density at radius 1 is 1.26 bits per heavy atom. The predicted molar refractivity (Wildman–Crippen MR) is 74.2 cm³/mol. The average Bonchev–Trinajstić information content (AvgIpc) is 2.41. The lowest BCUT2D eigenvalue weighted by atomic mass is 10.1. The first kappa shape index (κ1) is 13.3. The summed E-state index contributed by atoms with van der Waals surface area (Å²) in [6, 6.07) is 6.66. The Balaban J connectivity index is 2.16. The van der Waals surface area contributed by atoms with Crippen LogP contribution in [0.1, 0.15) is 24.5 Å². The molecule has 0 atom stereocenters. The summed E-state index contributed by atoms with van der Waals surface area (Å²) in [4.78, 5) is 8.16. The van der Waals surface area contributed by atoms with Crippen molar-refractivity contribution in [2.24, 2.45) is 0 Å². The van der Waals surface area contributed by atoms with Gasteiger partial charge in [0, 0.05) is 17.7 Å². The fraction of sp³-hybridized carbons (Fsp3) is 0.286. The largest absolute Gasteiger partial charge is 0.383 e. The van der Waals surface area contributed by atoms with Gasteiger partial charge in [0.25, 0.3) is 0 Å². The summed E-state index contributed by atoms with van der Waals surface area (Å²) in [6.07, 6.45) is 3.16. The van der Waals surface area contributed by atoms with Gasteiger partial charge in [-0.15, -0.1) is 0 Å². The Bertz CT molecular complexity index is 557.